The zero-order valence-electron chi connectivity index (χ0n) is 7.04. The van der Waals surface area contributed by atoms with E-state index in [1.165, 1.54) is 32.4 Å². The molecule has 0 saturated heterocycles. The van der Waals surface area contributed by atoms with Crippen LogP contribution in [0.25, 0.3) is 0 Å². The maximum Gasteiger partial charge on any atom is 0.0170 e. The Morgan fingerprint density at radius 1 is 1.00 bits per heavy atom. The average Bonchev–Trinajstić information content (AvgIpc) is 2.49. The second kappa shape index (κ2) is 3.77. The van der Waals surface area contributed by atoms with Gasteiger partial charge in [0.25, 0.3) is 0 Å². The summed E-state index contributed by atoms with van der Waals surface area (Å²) in [6.45, 7) is 6.38. The fourth-order valence-electron chi connectivity index (χ4n) is 1.66. The van der Waals surface area contributed by atoms with Crippen LogP contribution in [0.15, 0.2) is 11.1 Å². The summed E-state index contributed by atoms with van der Waals surface area (Å²) in [5, 5.41) is 3.35. The van der Waals surface area contributed by atoms with Crippen LogP contribution in [0, 0.1) is 0 Å². The van der Waals surface area contributed by atoms with Gasteiger partial charge in [0.1, 0.15) is 0 Å². The van der Waals surface area contributed by atoms with Gasteiger partial charge in [-0.15, -0.1) is 0 Å². The molecule has 58 valence electrons. The third kappa shape index (κ3) is 1.40. The summed E-state index contributed by atoms with van der Waals surface area (Å²) in [7, 11) is 0. The van der Waals surface area contributed by atoms with Crippen molar-refractivity contribution in [2.24, 2.45) is 0 Å². The molecule has 1 aliphatic carbocycles. The molecule has 1 aliphatic heterocycles. The number of hydrogen-bond donors (Lipinski definition) is 1. The highest BCUT2D eigenvalue weighted by atomic mass is 14.9. The lowest BCUT2D eigenvalue weighted by Gasteiger charge is -1.93. The SMILES string of the molecule is C1CC2=C(C1)CNC2.CC. The molecular weight excluding hydrogens is 122 g/mol. The van der Waals surface area contributed by atoms with Gasteiger partial charge in [-0.25, -0.2) is 0 Å². The first-order chi connectivity index (χ1) is 4.97. The zero-order valence-corrected chi connectivity index (χ0v) is 7.04. The minimum absolute atomic E-state index is 1.19. The van der Waals surface area contributed by atoms with E-state index in [0.29, 0.717) is 0 Å². The molecule has 1 nitrogen and oxygen atoms in total. The molecule has 0 atom stereocenters. The highest BCUT2D eigenvalue weighted by Gasteiger charge is 2.17. The smallest absolute Gasteiger partial charge is 0.0170 e. The Labute approximate surface area is 63.5 Å². The number of nitrogens with one attached hydrogen (secondary N) is 1. The Bertz CT molecular complexity index is 108. The van der Waals surface area contributed by atoms with E-state index in [2.05, 4.69) is 5.32 Å². The third-order valence-corrected chi connectivity index (χ3v) is 2.13. The Balaban J connectivity index is 0.000000231. The molecule has 0 bridgehead atoms. The molecule has 0 unspecified atom stereocenters. The minimum atomic E-state index is 1.19. The molecule has 2 aliphatic rings. The maximum absolute atomic E-state index is 3.35. The van der Waals surface area contributed by atoms with E-state index in [1.54, 1.807) is 11.1 Å². The maximum atomic E-state index is 3.35. The van der Waals surface area contributed by atoms with Gasteiger partial charge < -0.3 is 5.32 Å². The normalized spacial score (nSPS) is 22.2. The molecule has 0 fully saturated rings. The fraction of sp³-hybridized carbons (Fsp3) is 0.778. The first kappa shape index (κ1) is 7.80. The fourth-order valence-corrected chi connectivity index (χ4v) is 1.66. The molecule has 10 heavy (non-hydrogen) atoms. The Hall–Kier alpha value is -0.300. The van der Waals surface area contributed by atoms with Crippen molar-refractivity contribution < 1.29 is 0 Å². The van der Waals surface area contributed by atoms with E-state index in [9.17, 15) is 0 Å². The van der Waals surface area contributed by atoms with E-state index in [-0.39, 0.29) is 0 Å². The van der Waals surface area contributed by atoms with E-state index in [1.807, 2.05) is 13.8 Å². The Kier molecular flexibility index (Phi) is 2.94. The van der Waals surface area contributed by atoms with E-state index in [0.717, 1.165) is 0 Å². The minimum Gasteiger partial charge on any atom is -0.309 e. The summed E-state index contributed by atoms with van der Waals surface area (Å²) >= 11 is 0. The lowest BCUT2D eigenvalue weighted by atomic mass is 10.2. The Morgan fingerprint density at radius 2 is 1.50 bits per heavy atom. The van der Waals surface area contributed by atoms with Crippen LogP contribution < -0.4 is 5.32 Å². The van der Waals surface area contributed by atoms with Gasteiger partial charge in [-0.3, -0.25) is 0 Å². The van der Waals surface area contributed by atoms with Crippen LogP contribution in [-0.4, -0.2) is 13.1 Å². The van der Waals surface area contributed by atoms with Crippen molar-refractivity contribution in [3.63, 3.8) is 0 Å². The number of rotatable bonds is 0. The average molecular weight is 139 g/mol. The first-order valence-corrected chi connectivity index (χ1v) is 4.37. The van der Waals surface area contributed by atoms with Crippen molar-refractivity contribution in [2.45, 2.75) is 33.1 Å². The molecule has 0 radical (unpaired) electrons. The summed E-state index contributed by atoms with van der Waals surface area (Å²) in [6.07, 6.45) is 4.18. The lowest BCUT2D eigenvalue weighted by molar-refractivity contribution is 0.765. The van der Waals surface area contributed by atoms with Crippen LogP contribution in [0.5, 0.6) is 0 Å². The van der Waals surface area contributed by atoms with Crippen molar-refractivity contribution in [2.75, 3.05) is 13.1 Å². The monoisotopic (exact) mass is 139 g/mol. The van der Waals surface area contributed by atoms with Gasteiger partial charge in [0, 0.05) is 13.1 Å². The van der Waals surface area contributed by atoms with Crippen LogP contribution in [0.2, 0.25) is 0 Å². The number of hydrogen-bond acceptors (Lipinski definition) is 1. The zero-order chi connectivity index (χ0) is 7.40. The van der Waals surface area contributed by atoms with Crippen molar-refractivity contribution in [1.29, 1.82) is 0 Å². The summed E-state index contributed by atoms with van der Waals surface area (Å²) < 4.78 is 0. The van der Waals surface area contributed by atoms with Crippen molar-refractivity contribution in [1.82, 2.24) is 5.32 Å². The molecule has 0 spiro atoms. The quantitative estimate of drug-likeness (QED) is 0.507. The van der Waals surface area contributed by atoms with Gasteiger partial charge in [0.15, 0.2) is 0 Å². The second-order valence-electron chi connectivity index (χ2n) is 2.66. The van der Waals surface area contributed by atoms with Crippen LogP contribution in [0.3, 0.4) is 0 Å². The first-order valence-electron chi connectivity index (χ1n) is 4.37. The van der Waals surface area contributed by atoms with Crippen molar-refractivity contribution in [3.8, 4) is 0 Å². The summed E-state index contributed by atoms with van der Waals surface area (Å²) in [4.78, 5) is 0. The highest BCUT2D eigenvalue weighted by Crippen LogP contribution is 2.27. The van der Waals surface area contributed by atoms with Gasteiger partial charge in [-0.2, -0.15) is 0 Å². The molecule has 1 heteroatoms. The predicted molar refractivity (Wildman–Crippen MR) is 45.1 cm³/mol. The largest absolute Gasteiger partial charge is 0.309 e. The Morgan fingerprint density at radius 3 is 2.00 bits per heavy atom. The molecule has 1 heterocycles. The highest BCUT2D eigenvalue weighted by molar-refractivity contribution is 5.26. The van der Waals surface area contributed by atoms with Crippen LogP contribution in [0.4, 0.5) is 0 Å². The molecule has 1 N–H and O–H groups in total. The van der Waals surface area contributed by atoms with Gasteiger partial charge >= 0.3 is 0 Å². The van der Waals surface area contributed by atoms with Crippen LogP contribution in [0.1, 0.15) is 33.1 Å². The molecule has 0 saturated carbocycles. The molecule has 0 aromatic carbocycles. The summed E-state index contributed by atoms with van der Waals surface area (Å²) in [6, 6.07) is 0. The van der Waals surface area contributed by atoms with Crippen LogP contribution in [-0.2, 0) is 0 Å². The van der Waals surface area contributed by atoms with Crippen LogP contribution >= 0.6 is 0 Å². The second-order valence-corrected chi connectivity index (χ2v) is 2.66. The summed E-state index contributed by atoms with van der Waals surface area (Å²) in [5.74, 6) is 0. The van der Waals surface area contributed by atoms with E-state index in [4.69, 9.17) is 0 Å². The third-order valence-electron chi connectivity index (χ3n) is 2.13. The van der Waals surface area contributed by atoms with E-state index < -0.39 is 0 Å². The van der Waals surface area contributed by atoms with Gasteiger partial charge in [0.2, 0.25) is 0 Å². The van der Waals surface area contributed by atoms with Gasteiger partial charge in [-0.05, 0) is 19.3 Å². The van der Waals surface area contributed by atoms with Crippen molar-refractivity contribution >= 4 is 0 Å². The topological polar surface area (TPSA) is 12.0 Å². The molecule has 0 aromatic heterocycles. The molecule has 0 amide bonds. The summed E-state index contributed by atoms with van der Waals surface area (Å²) in [5.41, 5.74) is 3.43. The molecular formula is C9H17N. The molecule has 0 aromatic rings. The molecule has 2 rings (SSSR count). The standard InChI is InChI=1S/C7H11N.C2H6/c1-2-6-4-8-5-7(6)3-1;1-2/h8H,1-5H2;1-2H3. The van der Waals surface area contributed by atoms with Gasteiger partial charge in [-0.1, -0.05) is 25.0 Å². The lowest BCUT2D eigenvalue weighted by Crippen LogP contribution is -2.10. The van der Waals surface area contributed by atoms with E-state index >= 15 is 0 Å². The van der Waals surface area contributed by atoms with Gasteiger partial charge in [0.05, 0.1) is 0 Å². The van der Waals surface area contributed by atoms with Crippen molar-refractivity contribution in [3.05, 3.63) is 11.1 Å². The predicted octanol–water partition coefficient (Wildman–Crippen LogP) is 2.10.